The number of carbonyl (C=O) groups excluding carboxylic acids is 1. The molecule has 1 heterocycles. The third-order valence-corrected chi connectivity index (χ3v) is 4.07. The molecule has 0 radical (unpaired) electrons. The van der Waals surface area contributed by atoms with Gasteiger partial charge in [0.05, 0.1) is 12.7 Å². The lowest BCUT2D eigenvalue weighted by atomic mass is 9.94. The topological polar surface area (TPSA) is 35.5 Å². The van der Waals surface area contributed by atoms with E-state index in [1.54, 1.807) is 0 Å². The number of aldehydes is 1. The quantitative estimate of drug-likeness (QED) is 0.555. The van der Waals surface area contributed by atoms with Gasteiger partial charge < -0.3 is 14.3 Å². The van der Waals surface area contributed by atoms with E-state index in [1.807, 2.05) is 6.92 Å². The van der Waals surface area contributed by atoms with Crippen molar-refractivity contribution in [2.45, 2.75) is 26.0 Å². The van der Waals surface area contributed by atoms with Gasteiger partial charge in [-0.2, -0.15) is 0 Å². The highest BCUT2D eigenvalue weighted by atomic mass is 32.0. The fourth-order valence-corrected chi connectivity index (χ4v) is 2.69. The van der Waals surface area contributed by atoms with Crippen LogP contribution in [-0.4, -0.2) is 31.7 Å². The Hall–Kier alpha value is 0.450. The molecule has 1 saturated heterocycles. The molecule has 0 aromatic rings. The average molecular weight is 236 g/mol. The van der Waals surface area contributed by atoms with Crippen LogP contribution < -0.4 is 0 Å². The second-order valence-corrected chi connectivity index (χ2v) is 8.08. The monoisotopic (exact) mass is 236 g/mol. The van der Waals surface area contributed by atoms with Gasteiger partial charge in [-0.25, -0.2) is 0 Å². The van der Waals surface area contributed by atoms with Gasteiger partial charge in [0.1, 0.15) is 6.29 Å². The first-order chi connectivity index (χ1) is 6.56. The van der Waals surface area contributed by atoms with Crippen LogP contribution in [0.15, 0.2) is 0 Å². The minimum atomic E-state index is -0.338. The number of rotatable bonds is 3. The Morgan fingerprint density at radius 3 is 2.79 bits per heavy atom. The van der Waals surface area contributed by atoms with Crippen LogP contribution in [-0.2, 0) is 14.3 Å². The molecular formula is C9H18O3P2. The first-order valence-electron chi connectivity index (χ1n) is 4.76. The van der Waals surface area contributed by atoms with Gasteiger partial charge in [-0.05, 0) is 14.3 Å². The molecule has 1 aliphatic heterocycles. The SMILES string of the molecule is CC(C=O)C1OC(P(C)P)OCC1C. The lowest BCUT2D eigenvalue weighted by Crippen LogP contribution is -2.41. The van der Waals surface area contributed by atoms with Crippen LogP contribution in [0.2, 0.25) is 0 Å². The van der Waals surface area contributed by atoms with Crippen LogP contribution >= 0.6 is 16.5 Å². The zero-order valence-electron chi connectivity index (χ0n) is 8.84. The molecule has 82 valence electrons. The maximum atomic E-state index is 10.7. The summed E-state index contributed by atoms with van der Waals surface area (Å²) in [6.07, 6.45) is 0.973. The van der Waals surface area contributed by atoms with Gasteiger partial charge in [0, 0.05) is 11.8 Å². The number of hydrogen-bond acceptors (Lipinski definition) is 3. The van der Waals surface area contributed by atoms with E-state index in [0.29, 0.717) is 12.5 Å². The molecule has 14 heavy (non-hydrogen) atoms. The Morgan fingerprint density at radius 2 is 2.29 bits per heavy atom. The third-order valence-electron chi connectivity index (χ3n) is 2.40. The van der Waals surface area contributed by atoms with E-state index in [1.165, 1.54) is 0 Å². The number of ether oxygens (including phenoxy) is 2. The van der Waals surface area contributed by atoms with Crippen molar-refractivity contribution in [3.8, 4) is 0 Å². The van der Waals surface area contributed by atoms with Crippen molar-refractivity contribution in [3.63, 3.8) is 0 Å². The summed E-state index contributed by atoms with van der Waals surface area (Å²) in [6.45, 7) is 6.73. The molecule has 5 heteroatoms. The fraction of sp³-hybridized carbons (Fsp3) is 0.889. The van der Waals surface area contributed by atoms with Crippen molar-refractivity contribution in [1.82, 2.24) is 0 Å². The van der Waals surface area contributed by atoms with E-state index in [2.05, 4.69) is 22.5 Å². The van der Waals surface area contributed by atoms with Crippen LogP contribution in [0.4, 0.5) is 0 Å². The van der Waals surface area contributed by atoms with E-state index in [4.69, 9.17) is 9.47 Å². The van der Waals surface area contributed by atoms with Crippen molar-refractivity contribution in [1.29, 1.82) is 0 Å². The predicted molar refractivity (Wildman–Crippen MR) is 61.6 cm³/mol. The molecule has 0 aliphatic carbocycles. The lowest BCUT2D eigenvalue weighted by Gasteiger charge is -2.38. The zero-order chi connectivity index (χ0) is 10.7. The highest BCUT2D eigenvalue weighted by Crippen LogP contribution is 2.49. The van der Waals surface area contributed by atoms with Crippen LogP contribution in [0, 0.1) is 11.8 Å². The summed E-state index contributed by atoms with van der Waals surface area (Å²) >= 11 is 0. The first-order valence-corrected chi connectivity index (χ1v) is 8.23. The maximum Gasteiger partial charge on any atom is 0.179 e. The first kappa shape index (κ1) is 12.5. The molecule has 0 saturated carbocycles. The van der Waals surface area contributed by atoms with E-state index in [0.717, 1.165) is 6.29 Å². The average Bonchev–Trinajstić information content (AvgIpc) is 2.17. The predicted octanol–water partition coefficient (Wildman–Crippen LogP) is 2.06. The van der Waals surface area contributed by atoms with Gasteiger partial charge in [0.25, 0.3) is 0 Å². The summed E-state index contributed by atoms with van der Waals surface area (Å²) in [5, 5.41) is 0. The highest BCUT2D eigenvalue weighted by Gasteiger charge is 2.33. The lowest BCUT2D eigenvalue weighted by molar-refractivity contribution is -0.201. The van der Waals surface area contributed by atoms with E-state index < -0.39 is 0 Å². The minimum absolute atomic E-state index is 0.0109. The Kier molecular flexibility index (Phi) is 4.93. The second kappa shape index (κ2) is 5.51. The highest BCUT2D eigenvalue weighted by molar-refractivity contribution is 8.13. The summed E-state index contributed by atoms with van der Waals surface area (Å²) in [5.74, 6) is 0.253. The Bertz CT molecular complexity index is 198. The molecule has 0 amide bonds. The van der Waals surface area contributed by atoms with Crippen LogP contribution in [0.5, 0.6) is 0 Å². The molecule has 0 spiro atoms. The molecule has 0 bridgehead atoms. The Morgan fingerprint density at radius 1 is 1.64 bits per heavy atom. The summed E-state index contributed by atoms with van der Waals surface area (Å²) in [7, 11) is 2.39. The second-order valence-electron chi connectivity index (χ2n) is 3.88. The van der Waals surface area contributed by atoms with Crippen molar-refractivity contribution in [2.75, 3.05) is 13.3 Å². The molecule has 1 rings (SSSR count). The molecule has 0 N–H and O–H groups in total. The third kappa shape index (κ3) is 2.97. The van der Waals surface area contributed by atoms with E-state index >= 15 is 0 Å². The fourth-order valence-electron chi connectivity index (χ4n) is 1.57. The van der Waals surface area contributed by atoms with Crippen LogP contribution in [0.3, 0.4) is 0 Å². The number of hydrogen-bond donors (Lipinski definition) is 0. The maximum absolute atomic E-state index is 10.7. The van der Waals surface area contributed by atoms with Crippen molar-refractivity contribution >= 4 is 22.8 Å². The number of carbonyl (C=O) groups is 1. The zero-order valence-corrected chi connectivity index (χ0v) is 10.9. The van der Waals surface area contributed by atoms with Crippen molar-refractivity contribution in [2.24, 2.45) is 11.8 Å². The van der Waals surface area contributed by atoms with Gasteiger partial charge >= 0.3 is 0 Å². The summed E-state index contributed by atoms with van der Waals surface area (Å²) < 4.78 is 11.3. The van der Waals surface area contributed by atoms with E-state index in [9.17, 15) is 4.79 Å². The van der Waals surface area contributed by atoms with Crippen molar-refractivity contribution < 1.29 is 14.3 Å². The standard InChI is InChI=1S/C9H18O3P2/c1-6(4-10)8-7(2)5-11-9(12-8)14(3)13/h4,6-9H,5,13H2,1-3H3. The van der Waals surface area contributed by atoms with Gasteiger partial charge in [-0.3, -0.25) is 0 Å². The molecule has 6 atom stereocenters. The Balaban J connectivity index is 2.59. The largest absolute Gasteiger partial charge is 0.348 e. The summed E-state index contributed by atoms with van der Waals surface area (Å²) in [4.78, 5) is 10.7. The minimum Gasteiger partial charge on any atom is -0.348 e. The molecule has 1 fully saturated rings. The molecule has 6 unspecified atom stereocenters. The molecule has 0 aromatic heterocycles. The Labute approximate surface area is 88.8 Å². The van der Waals surface area contributed by atoms with E-state index in [-0.39, 0.29) is 25.7 Å². The molecular weight excluding hydrogens is 218 g/mol. The van der Waals surface area contributed by atoms with Gasteiger partial charge in [-0.1, -0.05) is 13.8 Å². The van der Waals surface area contributed by atoms with Gasteiger partial charge in [0.15, 0.2) is 6.03 Å². The van der Waals surface area contributed by atoms with Crippen LogP contribution in [0.25, 0.3) is 0 Å². The molecule has 1 aliphatic rings. The summed E-state index contributed by atoms with van der Waals surface area (Å²) in [6, 6.07) is -0.126. The van der Waals surface area contributed by atoms with Gasteiger partial charge in [0.2, 0.25) is 0 Å². The normalized spacial score (nSPS) is 37.6. The summed E-state index contributed by atoms with van der Waals surface area (Å²) in [5.41, 5.74) is 0. The molecule has 3 nitrogen and oxygen atoms in total. The van der Waals surface area contributed by atoms with Crippen LogP contribution in [0.1, 0.15) is 13.8 Å². The van der Waals surface area contributed by atoms with Gasteiger partial charge in [-0.15, -0.1) is 8.93 Å². The molecule has 0 aromatic carbocycles. The smallest absolute Gasteiger partial charge is 0.179 e. The van der Waals surface area contributed by atoms with Crippen molar-refractivity contribution in [3.05, 3.63) is 0 Å².